The zero-order chi connectivity index (χ0) is 22.0. The van der Waals surface area contributed by atoms with Crippen LogP contribution >= 0.6 is 0 Å². The van der Waals surface area contributed by atoms with Gasteiger partial charge in [0.25, 0.3) is 10.0 Å². The highest BCUT2D eigenvalue weighted by molar-refractivity contribution is 7.89. The van der Waals surface area contributed by atoms with Gasteiger partial charge < -0.3 is 4.74 Å². The highest BCUT2D eigenvalue weighted by atomic mass is 32.2. The van der Waals surface area contributed by atoms with Crippen LogP contribution < -0.4 is 4.74 Å². The van der Waals surface area contributed by atoms with Crippen LogP contribution in [0.15, 0.2) is 77.2 Å². The van der Waals surface area contributed by atoms with Crippen LogP contribution in [0.3, 0.4) is 0 Å². The first-order valence-electron chi connectivity index (χ1n) is 9.45. The van der Waals surface area contributed by atoms with Gasteiger partial charge in [-0.15, -0.1) is 0 Å². The van der Waals surface area contributed by atoms with Gasteiger partial charge in [-0.05, 0) is 36.8 Å². The number of benzene rings is 1. The fourth-order valence-corrected chi connectivity index (χ4v) is 4.17. The van der Waals surface area contributed by atoms with Gasteiger partial charge in [-0.1, -0.05) is 12.1 Å². The summed E-state index contributed by atoms with van der Waals surface area (Å²) >= 11 is 0. The summed E-state index contributed by atoms with van der Waals surface area (Å²) in [6.07, 6.45) is 8.59. The van der Waals surface area contributed by atoms with E-state index in [0.29, 0.717) is 11.4 Å². The fraction of sp³-hybridized carbons (Fsp3) is 0.136. The van der Waals surface area contributed by atoms with Crippen molar-refractivity contribution in [2.45, 2.75) is 11.8 Å². The summed E-state index contributed by atoms with van der Waals surface area (Å²) in [5.41, 5.74) is 4.35. The summed E-state index contributed by atoms with van der Waals surface area (Å²) in [5, 5.41) is 4.16. The van der Waals surface area contributed by atoms with E-state index in [4.69, 9.17) is 4.74 Å². The number of imidazole rings is 1. The molecule has 158 valence electrons. The van der Waals surface area contributed by atoms with Gasteiger partial charge in [0.1, 0.15) is 11.4 Å². The molecule has 31 heavy (non-hydrogen) atoms. The Morgan fingerprint density at radius 2 is 1.97 bits per heavy atom. The van der Waals surface area contributed by atoms with Gasteiger partial charge in [0, 0.05) is 42.8 Å². The molecule has 0 bridgehead atoms. The molecule has 3 heterocycles. The third-order valence-electron chi connectivity index (χ3n) is 4.85. The Balaban J connectivity index is 1.68. The standard InChI is InChI=1S/C22H21N5O3S/c1-16-10-18(17-6-5-9-23-12-17)15-27-19(13-24-22(16)27)14-25-26(2)31(28,29)21-8-4-7-20(11-21)30-3/h4-15H,1-3H3/b25-14+. The second-order valence-electron chi connectivity index (χ2n) is 6.89. The fourth-order valence-electron chi connectivity index (χ4n) is 3.18. The van der Waals surface area contributed by atoms with Crippen molar-refractivity contribution in [1.29, 1.82) is 0 Å². The van der Waals surface area contributed by atoms with Crippen molar-refractivity contribution >= 4 is 21.9 Å². The Bertz CT molecular complexity index is 1360. The van der Waals surface area contributed by atoms with Crippen LogP contribution in [0.25, 0.3) is 16.8 Å². The molecule has 0 aliphatic carbocycles. The average Bonchev–Trinajstić information content (AvgIpc) is 3.21. The molecule has 1 aromatic carbocycles. The number of hydrogen-bond donors (Lipinski definition) is 0. The zero-order valence-electron chi connectivity index (χ0n) is 17.3. The van der Waals surface area contributed by atoms with Gasteiger partial charge in [0.2, 0.25) is 0 Å². The van der Waals surface area contributed by atoms with Crippen molar-refractivity contribution in [2.75, 3.05) is 14.2 Å². The van der Waals surface area contributed by atoms with E-state index in [9.17, 15) is 8.42 Å². The Morgan fingerprint density at radius 3 is 2.71 bits per heavy atom. The van der Waals surface area contributed by atoms with E-state index in [0.717, 1.165) is 26.8 Å². The second-order valence-corrected chi connectivity index (χ2v) is 8.84. The molecule has 3 aromatic heterocycles. The molecule has 0 N–H and O–H groups in total. The average molecular weight is 436 g/mol. The Morgan fingerprint density at radius 1 is 1.13 bits per heavy atom. The third-order valence-corrected chi connectivity index (χ3v) is 6.49. The molecular weight excluding hydrogens is 414 g/mol. The topological polar surface area (TPSA) is 89.2 Å². The Hall–Kier alpha value is -3.72. The van der Waals surface area contributed by atoms with Crippen LogP contribution in [-0.2, 0) is 10.0 Å². The SMILES string of the molecule is COc1cccc(S(=O)(=O)N(C)/N=C/c2cnc3c(C)cc(-c4cccnc4)cn23)c1. The number of hydrogen-bond acceptors (Lipinski definition) is 6. The largest absolute Gasteiger partial charge is 0.497 e. The maximum absolute atomic E-state index is 12.8. The van der Waals surface area contributed by atoms with Gasteiger partial charge in [-0.2, -0.15) is 17.9 Å². The van der Waals surface area contributed by atoms with Gasteiger partial charge >= 0.3 is 0 Å². The van der Waals surface area contributed by atoms with E-state index in [1.54, 1.807) is 30.7 Å². The number of aryl methyl sites for hydroxylation is 1. The maximum Gasteiger partial charge on any atom is 0.278 e. The van der Waals surface area contributed by atoms with E-state index < -0.39 is 10.0 Å². The number of pyridine rings is 2. The van der Waals surface area contributed by atoms with E-state index >= 15 is 0 Å². The van der Waals surface area contributed by atoms with Gasteiger partial charge in [-0.3, -0.25) is 9.38 Å². The van der Waals surface area contributed by atoms with Crippen LogP contribution in [0, 0.1) is 6.92 Å². The summed E-state index contributed by atoms with van der Waals surface area (Å²) in [4.78, 5) is 8.72. The molecule has 0 spiro atoms. The molecule has 9 heteroatoms. The van der Waals surface area contributed by atoms with Crippen LogP contribution in [0.5, 0.6) is 5.75 Å². The van der Waals surface area contributed by atoms with E-state index in [-0.39, 0.29) is 4.90 Å². The van der Waals surface area contributed by atoms with E-state index in [2.05, 4.69) is 15.1 Å². The van der Waals surface area contributed by atoms with Crippen molar-refractivity contribution in [3.63, 3.8) is 0 Å². The van der Waals surface area contributed by atoms with Gasteiger partial charge in [-0.25, -0.2) is 4.98 Å². The van der Waals surface area contributed by atoms with Crippen LogP contribution in [0.2, 0.25) is 0 Å². The lowest BCUT2D eigenvalue weighted by molar-refractivity contribution is 0.413. The molecule has 4 aromatic rings. The summed E-state index contributed by atoms with van der Waals surface area (Å²) in [6, 6.07) is 12.2. The lowest BCUT2D eigenvalue weighted by Gasteiger charge is -2.14. The monoisotopic (exact) mass is 435 g/mol. The molecule has 8 nitrogen and oxygen atoms in total. The van der Waals surface area contributed by atoms with Crippen LogP contribution in [0.4, 0.5) is 0 Å². The molecular formula is C22H21N5O3S. The number of sulfonamides is 1. The first-order valence-corrected chi connectivity index (χ1v) is 10.9. The number of hydrazone groups is 1. The third kappa shape index (κ3) is 3.99. The second kappa shape index (κ2) is 8.19. The molecule has 0 aliphatic rings. The number of methoxy groups -OCH3 is 1. The first-order chi connectivity index (χ1) is 14.9. The predicted molar refractivity (Wildman–Crippen MR) is 119 cm³/mol. The summed E-state index contributed by atoms with van der Waals surface area (Å²) < 4.78 is 33.6. The van der Waals surface area contributed by atoms with Crippen molar-refractivity contribution in [3.8, 4) is 16.9 Å². The molecule has 0 saturated heterocycles. The van der Waals surface area contributed by atoms with Gasteiger partial charge in [0.15, 0.2) is 0 Å². The molecule has 4 rings (SSSR count). The Labute approximate surface area is 180 Å². The zero-order valence-corrected chi connectivity index (χ0v) is 18.1. The van der Waals surface area contributed by atoms with Gasteiger partial charge in [0.05, 0.1) is 30.1 Å². The Kier molecular flexibility index (Phi) is 5.43. The lowest BCUT2D eigenvalue weighted by Crippen LogP contribution is -2.22. The minimum Gasteiger partial charge on any atom is -0.497 e. The normalized spacial score (nSPS) is 11.8. The predicted octanol–water partition coefficient (Wildman–Crippen LogP) is 3.37. The molecule has 0 atom stereocenters. The molecule has 0 aliphatic heterocycles. The minimum absolute atomic E-state index is 0.0966. The molecule has 0 unspecified atom stereocenters. The number of fused-ring (bicyclic) bond motifs is 1. The number of nitrogens with zero attached hydrogens (tertiary/aromatic N) is 5. The lowest BCUT2D eigenvalue weighted by atomic mass is 10.1. The minimum atomic E-state index is -3.82. The van der Waals surface area contributed by atoms with Crippen LogP contribution in [0.1, 0.15) is 11.3 Å². The molecule has 0 amide bonds. The molecule has 0 fully saturated rings. The number of aromatic nitrogens is 3. The molecule has 0 radical (unpaired) electrons. The number of ether oxygens (including phenoxy) is 1. The maximum atomic E-state index is 12.8. The highest BCUT2D eigenvalue weighted by Gasteiger charge is 2.20. The number of rotatable bonds is 6. The van der Waals surface area contributed by atoms with Crippen molar-refractivity contribution in [2.24, 2.45) is 5.10 Å². The smallest absolute Gasteiger partial charge is 0.278 e. The first kappa shape index (κ1) is 20.5. The highest BCUT2D eigenvalue weighted by Crippen LogP contribution is 2.23. The van der Waals surface area contributed by atoms with E-state index in [1.165, 1.54) is 32.5 Å². The summed E-state index contributed by atoms with van der Waals surface area (Å²) in [6.45, 7) is 1.97. The quantitative estimate of drug-likeness (QED) is 0.342. The summed E-state index contributed by atoms with van der Waals surface area (Å²) in [7, 11) is -0.944. The van der Waals surface area contributed by atoms with Crippen molar-refractivity contribution < 1.29 is 13.2 Å². The summed E-state index contributed by atoms with van der Waals surface area (Å²) in [5.74, 6) is 0.457. The van der Waals surface area contributed by atoms with Crippen LogP contribution in [-0.4, -0.2) is 47.6 Å². The molecule has 0 saturated carbocycles. The van der Waals surface area contributed by atoms with Crippen molar-refractivity contribution in [3.05, 3.63) is 78.5 Å². The van der Waals surface area contributed by atoms with Crippen molar-refractivity contribution in [1.82, 2.24) is 18.8 Å². The van der Waals surface area contributed by atoms with E-state index in [1.807, 2.05) is 35.7 Å².